The minimum absolute atomic E-state index is 0.213. The van der Waals surface area contributed by atoms with Crippen molar-refractivity contribution in [3.63, 3.8) is 0 Å². The number of carboxylic acids is 1. The van der Waals surface area contributed by atoms with Crippen molar-refractivity contribution in [2.45, 2.75) is 12.0 Å². The van der Waals surface area contributed by atoms with Crippen LogP contribution in [0.4, 0.5) is 0 Å². The Morgan fingerprint density at radius 1 is 1.31 bits per heavy atom. The van der Waals surface area contributed by atoms with Gasteiger partial charge in [0.2, 0.25) is 0 Å². The number of sulfone groups is 1. The summed E-state index contributed by atoms with van der Waals surface area (Å²) in [4.78, 5) is 12.7. The van der Waals surface area contributed by atoms with E-state index in [1.165, 1.54) is 0 Å². The fourth-order valence-corrected chi connectivity index (χ4v) is 3.85. The normalized spacial score (nSPS) is 30.2. The molecule has 0 radical (unpaired) electrons. The molecule has 0 bridgehead atoms. The Hall–Kier alpha value is -0.620. The van der Waals surface area contributed by atoms with Gasteiger partial charge in [0.05, 0.1) is 11.5 Å². The molecule has 0 aromatic heterocycles. The molecule has 2 fully saturated rings. The third kappa shape index (κ3) is 1.16. The van der Waals surface area contributed by atoms with Crippen molar-refractivity contribution in [2.24, 2.45) is 0 Å². The number of carbonyl (C=O) groups is 1. The van der Waals surface area contributed by atoms with E-state index in [2.05, 4.69) is 0 Å². The molecule has 0 amide bonds. The lowest BCUT2D eigenvalue weighted by atomic mass is 9.97. The molecular weight excluding hydrogens is 194 g/mol. The summed E-state index contributed by atoms with van der Waals surface area (Å²) < 4.78 is 21.9. The maximum atomic E-state index is 11.0. The topological polar surface area (TPSA) is 74.7 Å². The van der Waals surface area contributed by atoms with Crippen molar-refractivity contribution in [3.8, 4) is 0 Å². The first-order valence-corrected chi connectivity index (χ1v) is 5.97. The zero-order valence-electron chi connectivity index (χ0n) is 7.06. The highest BCUT2D eigenvalue weighted by atomic mass is 32.2. The predicted octanol–water partition coefficient (Wildman–Crippen LogP) is -1.06. The molecule has 74 valence electrons. The molecule has 2 rings (SSSR count). The highest BCUT2D eigenvalue weighted by Crippen LogP contribution is 2.33. The minimum Gasteiger partial charge on any atom is -0.480 e. The Balaban J connectivity index is 2.20. The smallest absolute Gasteiger partial charge is 0.326 e. The number of carboxylic acid groups (broad SMARTS) is 1. The van der Waals surface area contributed by atoms with E-state index in [4.69, 9.17) is 5.11 Å². The maximum Gasteiger partial charge on any atom is 0.326 e. The third-order valence-corrected chi connectivity index (χ3v) is 4.61. The van der Waals surface area contributed by atoms with Gasteiger partial charge in [-0.05, 0) is 6.42 Å². The second-order valence-electron chi connectivity index (χ2n) is 3.71. The monoisotopic (exact) mass is 205 g/mol. The number of rotatable bonds is 2. The highest BCUT2D eigenvalue weighted by molar-refractivity contribution is 7.93. The average molecular weight is 205 g/mol. The zero-order valence-corrected chi connectivity index (χ0v) is 7.88. The van der Waals surface area contributed by atoms with Gasteiger partial charge < -0.3 is 5.11 Å². The van der Waals surface area contributed by atoms with Crippen LogP contribution in [0, 0.1) is 0 Å². The molecule has 0 aromatic carbocycles. The fourth-order valence-electron chi connectivity index (χ4n) is 1.87. The molecule has 0 spiro atoms. The van der Waals surface area contributed by atoms with Crippen LogP contribution in [0.5, 0.6) is 0 Å². The van der Waals surface area contributed by atoms with Gasteiger partial charge in [0.1, 0.15) is 5.54 Å². The van der Waals surface area contributed by atoms with Crippen LogP contribution in [0.3, 0.4) is 0 Å². The summed E-state index contributed by atoms with van der Waals surface area (Å²) >= 11 is 0. The first-order valence-electron chi connectivity index (χ1n) is 4.15. The van der Waals surface area contributed by atoms with Crippen LogP contribution < -0.4 is 0 Å². The molecule has 0 aromatic rings. The van der Waals surface area contributed by atoms with Crippen molar-refractivity contribution in [1.29, 1.82) is 0 Å². The second kappa shape index (κ2) is 2.45. The first-order chi connectivity index (χ1) is 5.96. The lowest BCUT2D eigenvalue weighted by Gasteiger charge is -2.50. The van der Waals surface area contributed by atoms with Gasteiger partial charge in [0.15, 0.2) is 9.84 Å². The Bertz CT molecular complexity index is 332. The Morgan fingerprint density at radius 3 is 2.08 bits per heavy atom. The summed E-state index contributed by atoms with van der Waals surface area (Å²) in [5, 5.41) is 8.95. The lowest BCUT2D eigenvalue weighted by molar-refractivity contribution is -0.152. The molecule has 1 N–H and O–H groups in total. The van der Waals surface area contributed by atoms with Crippen LogP contribution in [0.15, 0.2) is 0 Å². The molecular formula is C7H11NO4S. The Morgan fingerprint density at radius 2 is 1.85 bits per heavy atom. The van der Waals surface area contributed by atoms with E-state index in [-0.39, 0.29) is 11.5 Å². The largest absolute Gasteiger partial charge is 0.480 e. The summed E-state index contributed by atoms with van der Waals surface area (Å²) in [5.41, 5.74) is -1.09. The molecule has 2 saturated heterocycles. The molecule has 0 atom stereocenters. The Labute approximate surface area is 76.3 Å². The maximum absolute atomic E-state index is 11.0. The number of aliphatic carboxylic acids is 1. The summed E-state index contributed by atoms with van der Waals surface area (Å²) in [6.45, 7) is 1.42. The summed E-state index contributed by atoms with van der Waals surface area (Å²) in [6, 6.07) is 0. The van der Waals surface area contributed by atoms with Crippen molar-refractivity contribution < 1.29 is 18.3 Å². The quantitative estimate of drug-likeness (QED) is 0.622. The minimum atomic E-state index is -3.08. The second-order valence-corrected chi connectivity index (χ2v) is 5.77. The van der Waals surface area contributed by atoms with E-state index in [9.17, 15) is 13.2 Å². The van der Waals surface area contributed by atoms with E-state index in [1.54, 1.807) is 4.90 Å². The van der Waals surface area contributed by atoms with E-state index >= 15 is 0 Å². The summed E-state index contributed by atoms with van der Waals surface area (Å²) in [6.07, 6.45) is 0.967. The SMILES string of the molecule is O=C(O)C1(N2CCC2)CS(=O)(=O)C1. The molecule has 0 unspecified atom stereocenters. The molecule has 5 nitrogen and oxygen atoms in total. The molecule has 6 heteroatoms. The summed E-state index contributed by atoms with van der Waals surface area (Å²) in [7, 11) is -3.08. The standard InChI is InChI=1S/C7H11NO4S/c9-6(10)7(8-2-1-3-8)4-13(11,12)5-7/h1-5H2,(H,9,10). The van der Waals surface area contributed by atoms with Gasteiger partial charge in [-0.3, -0.25) is 9.69 Å². The van der Waals surface area contributed by atoms with Gasteiger partial charge in [0.25, 0.3) is 0 Å². The van der Waals surface area contributed by atoms with Crippen molar-refractivity contribution in [3.05, 3.63) is 0 Å². The molecule has 2 aliphatic rings. The van der Waals surface area contributed by atoms with E-state index in [1.807, 2.05) is 0 Å². The first kappa shape index (κ1) is 8.96. The molecule has 0 saturated carbocycles. The zero-order chi connectivity index (χ0) is 9.69. The van der Waals surface area contributed by atoms with Crippen molar-refractivity contribution in [1.82, 2.24) is 4.90 Å². The van der Waals surface area contributed by atoms with Gasteiger partial charge in [-0.15, -0.1) is 0 Å². The van der Waals surface area contributed by atoms with Crippen LogP contribution in [0.1, 0.15) is 6.42 Å². The van der Waals surface area contributed by atoms with Crippen LogP contribution in [-0.2, 0) is 14.6 Å². The van der Waals surface area contributed by atoms with Crippen LogP contribution >= 0.6 is 0 Å². The number of nitrogens with zero attached hydrogens (tertiary/aromatic N) is 1. The molecule has 13 heavy (non-hydrogen) atoms. The molecule has 0 aliphatic carbocycles. The summed E-state index contributed by atoms with van der Waals surface area (Å²) in [5.74, 6) is -1.42. The number of likely N-dealkylation sites (tertiary alicyclic amines) is 1. The third-order valence-electron chi connectivity index (χ3n) is 2.78. The lowest BCUT2D eigenvalue weighted by Crippen LogP contribution is -2.72. The number of hydrogen-bond donors (Lipinski definition) is 1. The van der Waals surface area contributed by atoms with Crippen LogP contribution in [-0.4, -0.2) is 54.5 Å². The van der Waals surface area contributed by atoms with E-state index in [0.717, 1.165) is 6.42 Å². The van der Waals surface area contributed by atoms with Crippen molar-refractivity contribution in [2.75, 3.05) is 24.6 Å². The van der Waals surface area contributed by atoms with Gasteiger partial charge in [-0.2, -0.15) is 0 Å². The van der Waals surface area contributed by atoms with Gasteiger partial charge >= 0.3 is 5.97 Å². The van der Waals surface area contributed by atoms with E-state index in [0.29, 0.717) is 13.1 Å². The van der Waals surface area contributed by atoms with Gasteiger partial charge in [0, 0.05) is 13.1 Å². The molecule has 2 heterocycles. The van der Waals surface area contributed by atoms with Gasteiger partial charge in [-0.1, -0.05) is 0 Å². The van der Waals surface area contributed by atoms with E-state index < -0.39 is 21.3 Å². The highest BCUT2D eigenvalue weighted by Gasteiger charge is 2.59. The van der Waals surface area contributed by atoms with Crippen LogP contribution in [0.25, 0.3) is 0 Å². The average Bonchev–Trinajstić information content (AvgIpc) is 1.77. The predicted molar refractivity (Wildman–Crippen MR) is 45.2 cm³/mol. The van der Waals surface area contributed by atoms with Crippen molar-refractivity contribution >= 4 is 15.8 Å². The van der Waals surface area contributed by atoms with Crippen LogP contribution in [0.2, 0.25) is 0 Å². The Kier molecular flexibility index (Phi) is 1.69. The number of hydrogen-bond acceptors (Lipinski definition) is 4. The fraction of sp³-hybridized carbons (Fsp3) is 0.857. The molecule has 2 aliphatic heterocycles. The van der Waals surface area contributed by atoms with Gasteiger partial charge in [-0.25, -0.2) is 8.42 Å².